The first-order valence-electron chi connectivity index (χ1n) is 6.80. The van der Waals surface area contributed by atoms with Crippen LogP contribution in [0.1, 0.15) is 24.5 Å². The van der Waals surface area contributed by atoms with Gasteiger partial charge in [-0.2, -0.15) is 13.9 Å². The van der Waals surface area contributed by atoms with Crippen molar-refractivity contribution in [3.8, 4) is 17.3 Å². The number of alkyl halides is 2. The molecule has 0 amide bonds. The lowest BCUT2D eigenvalue weighted by Crippen LogP contribution is -2.08. The summed E-state index contributed by atoms with van der Waals surface area (Å²) in [7, 11) is 0. The van der Waals surface area contributed by atoms with Gasteiger partial charge in [0.2, 0.25) is 5.88 Å². The molecule has 4 rings (SSSR count). The molecule has 10 heteroatoms. The van der Waals surface area contributed by atoms with Crippen molar-refractivity contribution in [2.45, 2.75) is 25.4 Å². The maximum Gasteiger partial charge on any atom is 0.388 e. The summed E-state index contributed by atoms with van der Waals surface area (Å²) in [4.78, 5) is 16.7. The van der Waals surface area contributed by atoms with Crippen LogP contribution in [-0.2, 0) is 0 Å². The molecular formula is C13H9BrF2N6O. The zero-order valence-corrected chi connectivity index (χ0v) is 13.1. The fourth-order valence-electron chi connectivity index (χ4n) is 2.34. The monoisotopic (exact) mass is 382 g/mol. The van der Waals surface area contributed by atoms with Gasteiger partial charge < -0.3 is 4.74 Å². The van der Waals surface area contributed by atoms with Gasteiger partial charge in [0.15, 0.2) is 10.4 Å². The maximum atomic E-state index is 12.7. The Morgan fingerprint density at radius 3 is 2.83 bits per heavy atom. The number of nitrogens with one attached hydrogen (secondary N) is 1. The first-order chi connectivity index (χ1) is 11.1. The number of aromatic amines is 1. The molecule has 0 bridgehead atoms. The number of rotatable bonds is 4. The van der Waals surface area contributed by atoms with E-state index >= 15 is 0 Å². The Hall–Kier alpha value is -2.23. The number of nitrogens with zero attached hydrogens (tertiary/aromatic N) is 5. The largest absolute Gasteiger partial charge is 0.416 e. The number of hydrogen-bond acceptors (Lipinski definition) is 6. The zero-order chi connectivity index (χ0) is 16.0. The first-order valence-corrected chi connectivity index (χ1v) is 7.59. The van der Waals surface area contributed by atoms with Crippen molar-refractivity contribution in [2.24, 2.45) is 0 Å². The molecule has 0 aliphatic heterocycles. The van der Waals surface area contributed by atoms with E-state index in [-0.39, 0.29) is 17.6 Å². The van der Waals surface area contributed by atoms with E-state index in [1.165, 1.54) is 12.5 Å². The Labute approximate surface area is 136 Å². The van der Waals surface area contributed by atoms with E-state index in [4.69, 9.17) is 0 Å². The van der Waals surface area contributed by atoms with Gasteiger partial charge in [-0.15, -0.1) is 0 Å². The summed E-state index contributed by atoms with van der Waals surface area (Å²) in [5.74, 6) is 0.216. The SMILES string of the molecule is FC(F)Oc1ncnc(C2CC2)c1-c1ncc2[nH]nc(Br)c2n1. The predicted molar refractivity (Wildman–Crippen MR) is 79.0 cm³/mol. The van der Waals surface area contributed by atoms with Gasteiger partial charge in [0.05, 0.1) is 11.9 Å². The van der Waals surface area contributed by atoms with Crippen LogP contribution < -0.4 is 4.74 Å². The standard InChI is InChI=1S/C13H9BrF2N6O/c14-10-9-6(21-22-10)3-17-11(20-9)7-8(5-1-2-5)18-4-19-12(7)23-13(15)16/h3-5,13H,1-2H2,(H,21,22). The van der Waals surface area contributed by atoms with E-state index in [0.29, 0.717) is 26.9 Å². The molecule has 1 aliphatic carbocycles. The Bertz CT molecular complexity index is 882. The smallest absolute Gasteiger partial charge is 0.388 e. The Morgan fingerprint density at radius 1 is 1.26 bits per heavy atom. The van der Waals surface area contributed by atoms with Gasteiger partial charge in [0.25, 0.3) is 0 Å². The first kappa shape index (κ1) is 14.4. The molecular weight excluding hydrogens is 374 g/mol. The summed E-state index contributed by atoms with van der Waals surface area (Å²) >= 11 is 3.28. The maximum absolute atomic E-state index is 12.7. The van der Waals surface area contributed by atoms with Crippen molar-refractivity contribution >= 4 is 27.0 Å². The average Bonchev–Trinajstić information content (AvgIpc) is 3.31. The van der Waals surface area contributed by atoms with Crippen LogP contribution in [0.15, 0.2) is 17.1 Å². The molecule has 1 N–H and O–H groups in total. The van der Waals surface area contributed by atoms with E-state index < -0.39 is 6.61 Å². The number of fused-ring (bicyclic) bond motifs is 1. The van der Waals surface area contributed by atoms with Crippen molar-refractivity contribution in [1.82, 2.24) is 30.1 Å². The molecule has 0 saturated heterocycles. The molecule has 1 saturated carbocycles. The van der Waals surface area contributed by atoms with Crippen molar-refractivity contribution in [3.63, 3.8) is 0 Å². The lowest BCUT2D eigenvalue weighted by atomic mass is 10.1. The summed E-state index contributed by atoms with van der Waals surface area (Å²) in [5, 5.41) is 6.74. The number of aromatic nitrogens is 6. The molecule has 3 aromatic heterocycles. The van der Waals surface area contributed by atoms with Gasteiger partial charge in [0, 0.05) is 5.92 Å². The normalized spacial score (nSPS) is 14.6. The van der Waals surface area contributed by atoms with Gasteiger partial charge in [-0.3, -0.25) is 5.10 Å². The highest BCUT2D eigenvalue weighted by Gasteiger charge is 2.32. The van der Waals surface area contributed by atoms with Gasteiger partial charge in [-0.25, -0.2) is 19.9 Å². The number of H-pyrrole nitrogens is 1. The fraction of sp³-hybridized carbons (Fsp3) is 0.308. The second kappa shape index (κ2) is 5.44. The predicted octanol–water partition coefficient (Wildman–Crippen LogP) is 3.05. The van der Waals surface area contributed by atoms with E-state index in [2.05, 4.69) is 50.8 Å². The van der Waals surface area contributed by atoms with Crippen LogP contribution in [0.25, 0.3) is 22.4 Å². The summed E-state index contributed by atoms with van der Waals surface area (Å²) < 4.78 is 30.4. The van der Waals surface area contributed by atoms with Crippen molar-refractivity contribution in [2.75, 3.05) is 0 Å². The highest BCUT2D eigenvalue weighted by molar-refractivity contribution is 9.10. The third-order valence-electron chi connectivity index (χ3n) is 3.49. The number of ether oxygens (including phenoxy) is 1. The van der Waals surface area contributed by atoms with Crippen molar-refractivity contribution < 1.29 is 13.5 Å². The van der Waals surface area contributed by atoms with Crippen LogP contribution in [0, 0.1) is 0 Å². The Kier molecular flexibility index (Phi) is 3.40. The van der Waals surface area contributed by atoms with Gasteiger partial charge in [-0.05, 0) is 28.8 Å². The Morgan fingerprint density at radius 2 is 2.09 bits per heavy atom. The highest BCUT2D eigenvalue weighted by atomic mass is 79.9. The molecule has 7 nitrogen and oxygen atoms in total. The quantitative estimate of drug-likeness (QED) is 0.745. The number of hydrogen-bond donors (Lipinski definition) is 1. The van der Waals surface area contributed by atoms with Crippen LogP contribution in [0.4, 0.5) is 8.78 Å². The van der Waals surface area contributed by atoms with Gasteiger partial charge in [0.1, 0.15) is 22.9 Å². The minimum absolute atomic E-state index is 0.195. The van der Waals surface area contributed by atoms with E-state index in [9.17, 15) is 8.78 Å². The molecule has 3 heterocycles. The minimum Gasteiger partial charge on any atom is -0.416 e. The Balaban J connectivity index is 1.91. The molecule has 1 aliphatic rings. The molecule has 0 unspecified atom stereocenters. The third-order valence-corrected chi connectivity index (χ3v) is 4.04. The molecule has 3 aromatic rings. The second-order valence-electron chi connectivity index (χ2n) is 5.06. The second-order valence-corrected chi connectivity index (χ2v) is 5.81. The topological polar surface area (TPSA) is 89.5 Å². The summed E-state index contributed by atoms with van der Waals surface area (Å²) in [6.45, 7) is -2.99. The van der Waals surface area contributed by atoms with Crippen LogP contribution in [0.2, 0.25) is 0 Å². The van der Waals surface area contributed by atoms with Crippen molar-refractivity contribution in [1.29, 1.82) is 0 Å². The molecule has 0 aromatic carbocycles. The molecule has 0 spiro atoms. The zero-order valence-electron chi connectivity index (χ0n) is 11.5. The van der Waals surface area contributed by atoms with E-state index in [1.54, 1.807) is 0 Å². The van der Waals surface area contributed by atoms with Gasteiger partial charge in [-0.1, -0.05) is 0 Å². The van der Waals surface area contributed by atoms with Crippen LogP contribution >= 0.6 is 15.9 Å². The molecule has 23 heavy (non-hydrogen) atoms. The van der Waals surface area contributed by atoms with E-state index in [1.807, 2.05) is 0 Å². The van der Waals surface area contributed by atoms with Crippen LogP contribution in [0.3, 0.4) is 0 Å². The molecule has 0 atom stereocenters. The van der Waals surface area contributed by atoms with Crippen molar-refractivity contribution in [3.05, 3.63) is 22.8 Å². The number of halogens is 3. The van der Waals surface area contributed by atoms with Crippen LogP contribution in [0.5, 0.6) is 5.88 Å². The highest BCUT2D eigenvalue weighted by Crippen LogP contribution is 2.45. The average molecular weight is 383 g/mol. The van der Waals surface area contributed by atoms with E-state index in [0.717, 1.165) is 12.8 Å². The third kappa shape index (κ3) is 2.62. The molecule has 0 radical (unpaired) electrons. The summed E-state index contributed by atoms with van der Waals surface area (Å²) in [6, 6.07) is 0. The van der Waals surface area contributed by atoms with Gasteiger partial charge >= 0.3 is 6.61 Å². The summed E-state index contributed by atoms with van der Waals surface area (Å²) in [5.41, 5.74) is 2.12. The molecule has 1 fully saturated rings. The fourth-order valence-corrected chi connectivity index (χ4v) is 2.73. The summed E-state index contributed by atoms with van der Waals surface area (Å²) in [6.07, 6.45) is 4.64. The van der Waals surface area contributed by atoms with Crippen LogP contribution in [-0.4, -0.2) is 36.7 Å². The minimum atomic E-state index is -2.99. The lowest BCUT2D eigenvalue weighted by molar-refractivity contribution is -0.0525. The molecule has 118 valence electrons. The lowest BCUT2D eigenvalue weighted by Gasteiger charge is -2.11.